The van der Waals surface area contributed by atoms with Gasteiger partial charge < -0.3 is 63.4 Å². The molecular formula is C106H126N10O15. The van der Waals surface area contributed by atoms with E-state index in [1.807, 2.05) is 145 Å². The Hall–Kier alpha value is -11.7. The number of benzene rings is 4. The van der Waals surface area contributed by atoms with E-state index >= 15 is 0 Å². The van der Waals surface area contributed by atoms with Crippen molar-refractivity contribution in [3.63, 3.8) is 0 Å². The molecule has 0 saturated carbocycles. The second kappa shape index (κ2) is 37.5. The van der Waals surface area contributed by atoms with Gasteiger partial charge in [-0.3, -0.25) is 38.4 Å². The number of hydrogen-bond acceptors (Lipinski definition) is 21. The highest BCUT2D eigenvalue weighted by molar-refractivity contribution is 5.97. The van der Waals surface area contributed by atoms with Crippen molar-refractivity contribution in [1.82, 2.24) is 48.0 Å². The number of pyridine rings is 8. The number of aromatic nitrogens is 8. The topological polar surface area (TPSA) is 345 Å². The van der Waals surface area contributed by atoms with Gasteiger partial charge in [-0.15, -0.1) is 0 Å². The number of carbonyl (C=O) groups is 4. The van der Waals surface area contributed by atoms with Crippen LogP contribution in [0.4, 0.5) is 0 Å². The Morgan fingerprint density at radius 3 is 0.916 bits per heavy atom. The van der Waals surface area contributed by atoms with Gasteiger partial charge in [-0.05, 0) is 228 Å². The number of ether oxygens (including phenoxy) is 1. The third-order valence-corrected chi connectivity index (χ3v) is 26.9. The predicted molar refractivity (Wildman–Crippen MR) is 514 cm³/mol. The number of carbonyl (C=O) groups excluding carboxylic acids is 4. The monoisotopic (exact) mass is 1780 g/mol. The van der Waals surface area contributed by atoms with Gasteiger partial charge in [0.15, 0.2) is 23.1 Å². The van der Waals surface area contributed by atoms with E-state index in [0.717, 1.165) is 106 Å². The van der Waals surface area contributed by atoms with Gasteiger partial charge in [0.2, 0.25) is 0 Å². The number of fused-ring (bicyclic) bond motifs is 20. The minimum atomic E-state index is -1.62. The largest absolute Gasteiger partial charge is 0.508 e. The average molecular weight is 1780 g/mol. The van der Waals surface area contributed by atoms with Crippen LogP contribution in [0.2, 0.25) is 0 Å². The third-order valence-electron chi connectivity index (χ3n) is 26.9. The van der Waals surface area contributed by atoms with Crippen LogP contribution >= 0.6 is 0 Å². The van der Waals surface area contributed by atoms with Crippen LogP contribution in [-0.2, 0) is 118 Å². The molecule has 0 saturated heterocycles. The number of rotatable bonds is 10. The van der Waals surface area contributed by atoms with Crippen molar-refractivity contribution >= 4 is 66.7 Å². The number of aliphatic hydroxyl groups is 4. The maximum absolute atomic E-state index is 13.4. The number of nitrogens with zero attached hydrogens (tertiary/aromatic N) is 10. The molecule has 0 bridgehead atoms. The van der Waals surface area contributed by atoms with Crippen molar-refractivity contribution in [2.24, 2.45) is 0 Å². The van der Waals surface area contributed by atoms with Crippen LogP contribution in [0.1, 0.15) is 255 Å². The molecule has 12 heterocycles. The molecule has 0 unspecified atom stereocenters. The molecule has 4 aliphatic heterocycles. The maximum atomic E-state index is 13.4. The average Bonchev–Trinajstić information content (AvgIpc) is 1.59. The first kappa shape index (κ1) is 96.9. The molecule has 25 nitrogen and oxygen atoms in total. The van der Waals surface area contributed by atoms with Crippen molar-refractivity contribution in [2.75, 3.05) is 28.2 Å². The second-order valence-electron chi connectivity index (χ2n) is 35.9. The van der Waals surface area contributed by atoms with Gasteiger partial charge >= 0.3 is 0 Å². The number of aryl methyl sites for hydroxylation is 3. The molecule has 4 aliphatic carbocycles. The maximum Gasteiger partial charge on any atom is 0.254 e. The summed E-state index contributed by atoms with van der Waals surface area (Å²) < 4.78 is 12.9. The fraction of sp³-hybridized carbons (Fsp3) is 0.434. The molecule has 25 heteroatoms. The molecule has 0 amide bonds. The summed E-state index contributed by atoms with van der Waals surface area (Å²) in [5.41, 5.74) is 15.4. The predicted octanol–water partition coefficient (Wildman–Crippen LogP) is 16.0. The molecule has 4 atom stereocenters. The van der Waals surface area contributed by atoms with E-state index in [1.165, 1.54) is 11.1 Å². The fourth-order valence-corrected chi connectivity index (χ4v) is 19.7. The molecule has 8 aliphatic rings. The minimum absolute atomic E-state index is 0.112. The standard InChI is InChI=1S/C27H30N2O4.C25H27N3O3.C24H25N3O4.C22H20N2O4.4C2H6/c1-6-27(32)20-12-22-24-16(13-29(22)25(31)17(20)8-10-23(27)30)11-18-19(14-33-26(3,4)5)15(2)7-9-21(18)28-24;1-5-25(31)19-11-21-23-15(12-28(21)24(30)16(19)7-9-22(25)29)10-17-18(13-27(3)4)14(2)6-8-20(17)26-23;1-4-24(31)17-10-19-22-13(11-27(19)23(30)14(17)5-8-21(24)29)9-15-16(12-26(2)3)20(28)7-6-18(15)25-22;1-3-22(28)15-9-17-20-12(8-14-11(2)18(25)6-5-16(14)23-20)10-24(17)21(27)13(15)4-7-19(22)26;4*1-2/h7,9,11-12,32H,6,8,10,13-14H2,1-5H3;6,8,10-11,31H,5,7,9,12-13H2,1-4H3;6-7,9-10,28,31H,4-5,8,11-12H2,1-3H3;5-6,8-9,25,28H,3-4,7,10H2,1-2H3;4*1-2H3/t27-;25-;24-;22-;;;;/m0000..../s1. The first-order chi connectivity index (χ1) is 62.4. The summed E-state index contributed by atoms with van der Waals surface area (Å²) in [7, 11) is 7.98. The number of hydrogen-bond donors (Lipinski definition) is 6. The second-order valence-corrected chi connectivity index (χ2v) is 35.9. The SMILES string of the molecule is CC.CC.CC.CC.CC[C@@]1(O)C(=O)CCc2c1cc1n(c2=O)Cc2cc3c(C)c(O)ccc3nc2-1.CC[C@@]1(O)C(=O)CCc2c1cc1n(c2=O)Cc2cc3c(CN(C)C)c(C)ccc3nc2-1.CC[C@@]1(O)C(=O)CCc2c1cc1n(c2=O)Cc2cc3c(CN(C)C)c(O)ccc3nc2-1.CC[C@@]1(O)C(=O)CCc2c1cc1n(c2=O)Cc2cc3c(COC(C)(C)C)c(C)ccc3nc2-1. The molecule has 12 aromatic rings. The Morgan fingerprint density at radius 1 is 0.359 bits per heavy atom. The molecule has 690 valence electrons. The van der Waals surface area contributed by atoms with Gasteiger partial charge in [0.05, 0.1) is 106 Å². The van der Waals surface area contributed by atoms with Crippen LogP contribution in [0.3, 0.4) is 0 Å². The lowest BCUT2D eigenvalue weighted by Crippen LogP contribution is -2.43. The van der Waals surface area contributed by atoms with E-state index in [-0.39, 0.29) is 114 Å². The Kier molecular flexibility index (Phi) is 27.7. The Morgan fingerprint density at radius 2 is 0.618 bits per heavy atom. The molecule has 0 fully saturated rings. The highest BCUT2D eigenvalue weighted by atomic mass is 16.5. The number of aromatic hydroxyl groups is 2. The number of phenols is 2. The fourth-order valence-electron chi connectivity index (χ4n) is 19.7. The van der Waals surface area contributed by atoms with E-state index in [2.05, 4.69) is 51.0 Å². The van der Waals surface area contributed by atoms with Gasteiger partial charge in [0.25, 0.3) is 22.2 Å². The van der Waals surface area contributed by atoms with Gasteiger partial charge in [-0.25, -0.2) is 19.9 Å². The molecular weight excluding hydrogens is 1650 g/mol. The van der Waals surface area contributed by atoms with Crippen LogP contribution in [0.15, 0.2) is 116 Å². The zero-order valence-electron chi connectivity index (χ0n) is 80.0. The Bertz CT molecular complexity index is 6720. The van der Waals surface area contributed by atoms with E-state index in [0.29, 0.717) is 144 Å². The minimum Gasteiger partial charge on any atom is -0.508 e. The van der Waals surface area contributed by atoms with Crippen molar-refractivity contribution in [2.45, 2.75) is 276 Å². The van der Waals surface area contributed by atoms with E-state index < -0.39 is 22.4 Å². The van der Waals surface area contributed by atoms with Crippen LogP contribution in [0, 0.1) is 20.8 Å². The zero-order valence-corrected chi connectivity index (χ0v) is 80.0. The molecule has 4 aromatic carbocycles. The Labute approximate surface area is 764 Å². The summed E-state index contributed by atoms with van der Waals surface area (Å²) in [6.45, 7) is 38.8. The third kappa shape index (κ3) is 16.6. The number of phenolic OH excluding ortho intramolecular Hbond substituents is 2. The highest BCUT2D eigenvalue weighted by Crippen LogP contribution is 2.47. The molecule has 0 spiro atoms. The van der Waals surface area contributed by atoms with Crippen molar-refractivity contribution in [3.05, 3.63) is 239 Å². The first-order valence-electron chi connectivity index (χ1n) is 46.5. The highest BCUT2D eigenvalue weighted by Gasteiger charge is 2.48. The lowest BCUT2D eigenvalue weighted by molar-refractivity contribution is -0.140. The number of ketones is 4. The van der Waals surface area contributed by atoms with Crippen LogP contribution in [0.5, 0.6) is 11.5 Å². The van der Waals surface area contributed by atoms with Gasteiger partial charge in [0, 0.05) is 138 Å². The quantitative estimate of drug-likeness (QED) is 0.0740. The van der Waals surface area contributed by atoms with Gasteiger partial charge in [-0.1, -0.05) is 95.2 Å². The van der Waals surface area contributed by atoms with Gasteiger partial charge in [0.1, 0.15) is 33.9 Å². The summed E-state index contributed by atoms with van der Waals surface area (Å²) in [6, 6.07) is 30.4. The summed E-state index contributed by atoms with van der Waals surface area (Å²) in [5, 5.41) is 68.6. The summed E-state index contributed by atoms with van der Waals surface area (Å²) in [5.74, 6) is -0.463. The normalized spacial score (nSPS) is 18.7. The molecule has 20 rings (SSSR count). The lowest BCUT2D eigenvalue weighted by Gasteiger charge is -2.32. The zero-order chi connectivity index (χ0) is 95.7. The number of Topliss-reactive ketones (excluding diaryl/α,β-unsaturated/α-hetero) is 4. The van der Waals surface area contributed by atoms with Crippen molar-refractivity contribution < 1.29 is 54.6 Å². The van der Waals surface area contributed by atoms with E-state index in [9.17, 15) is 69.0 Å². The first-order valence-corrected chi connectivity index (χ1v) is 46.5. The lowest BCUT2D eigenvalue weighted by atomic mass is 9.77. The van der Waals surface area contributed by atoms with Gasteiger partial charge in [-0.2, -0.15) is 0 Å². The molecule has 8 aromatic heterocycles. The Balaban J connectivity index is 0.000000145. The van der Waals surface area contributed by atoms with E-state index in [4.69, 9.17) is 24.7 Å². The summed E-state index contributed by atoms with van der Waals surface area (Å²) in [4.78, 5) is 127. The smallest absolute Gasteiger partial charge is 0.254 e. The van der Waals surface area contributed by atoms with E-state index in [1.54, 1.807) is 82.4 Å². The van der Waals surface area contributed by atoms with Crippen LogP contribution in [0.25, 0.3) is 89.2 Å². The van der Waals surface area contributed by atoms with Crippen LogP contribution in [-0.4, -0.2) is 136 Å². The van der Waals surface area contributed by atoms with Crippen molar-refractivity contribution in [3.8, 4) is 57.1 Å². The molecule has 6 N–H and O–H groups in total. The van der Waals surface area contributed by atoms with Crippen LogP contribution < -0.4 is 22.2 Å². The molecule has 131 heavy (non-hydrogen) atoms. The summed E-state index contributed by atoms with van der Waals surface area (Å²) >= 11 is 0. The molecule has 0 radical (unpaired) electrons. The summed E-state index contributed by atoms with van der Waals surface area (Å²) in [6.07, 6.45) is 3.17. The van der Waals surface area contributed by atoms with Crippen molar-refractivity contribution in [1.29, 1.82) is 0 Å².